The van der Waals surface area contributed by atoms with Crippen LogP contribution in [0.3, 0.4) is 0 Å². The Balaban J connectivity index is 1.12. The van der Waals surface area contributed by atoms with Crippen molar-refractivity contribution in [2.45, 2.75) is 25.7 Å². The highest BCUT2D eigenvalue weighted by atomic mass is 16.6. The number of carbonyl (C=O) groups excluding carboxylic acids is 1. The minimum Gasteiger partial charge on any atom is -0.449 e. The van der Waals surface area contributed by atoms with Crippen LogP contribution >= 0.6 is 0 Å². The summed E-state index contributed by atoms with van der Waals surface area (Å²) >= 11 is 0. The fourth-order valence-corrected chi connectivity index (χ4v) is 4.10. The molecule has 0 atom stereocenters. The van der Waals surface area contributed by atoms with E-state index in [1.807, 2.05) is 24.3 Å². The summed E-state index contributed by atoms with van der Waals surface area (Å²) in [4.78, 5) is 12.2. The Labute approximate surface area is 220 Å². The van der Waals surface area contributed by atoms with Crippen molar-refractivity contribution < 1.29 is 33.2 Å². The first-order valence-corrected chi connectivity index (χ1v) is 13.3. The highest BCUT2D eigenvalue weighted by Crippen LogP contribution is 2.44. The van der Waals surface area contributed by atoms with Gasteiger partial charge in [0.05, 0.1) is 59.5 Å². The third kappa shape index (κ3) is 10.4. The highest BCUT2D eigenvalue weighted by Gasteiger charge is 2.28. The minimum atomic E-state index is -0.438. The van der Waals surface area contributed by atoms with Gasteiger partial charge in [0.15, 0.2) is 0 Å². The predicted molar refractivity (Wildman–Crippen MR) is 142 cm³/mol. The van der Waals surface area contributed by atoms with Gasteiger partial charge in [-0.15, -0.1) is 0 Å². The lowest BCUT2D eigenvalue weighted by atomic mass is 9.98. The number of alkyl carbamates (subject to hydrolysis) is 1. The largest absolute Gasteiger partial charge is 0.449 e. The second-order valence-electron chi connectivity index (χ2n) is 8.67. The van der Waals surface area contributed by atoms with Gasteiger partial charge in [-0.3, -0.25) is 0 Å². The van der Waals surface area contributed by atoms with Crippen LogP contribution in [0.1, 0.15) is 36.8 Å². The lowest BCUT2D eigenvalue weighted by Crippen LogP contribution is -2.29. The molecule has 1 aliphatic rings. The van der Waals surface area contributed by atoms with Crippen LogP contribution in [-0.2, 0) is 28.4 Å². The number of carbonyl (C=O) groups is 1. The molecule has 0 fully saturated rings. The quantitative estimate of drug-likeness (QED) is 0.262. The molecule has 0 bridgehead atoms. The second-order valence-corrected chi connectivity index (χ2v) is 8.67. The molecule has 1 amide bonds. The second kappa shape index (κ2) is 17.9. The summed E-state index contributed by atoms with van der Waals surface area (Å²) in [6.07, 6.45) is 1.79. The molecule has 3 rings (SSSR count). The third-order valence-electron chi connectivity index (χ3n) is 5.99. The van der Waals surface area contributed by atoms with Crippen molar-refractivity contribution in [3.8, 4) is 11.1 Å². The number of unbranched alkanes of at least 4 members (excludes halogenated alkanes) is 1. The van der Waals surface area contributed by atoms with Crippen LogP contribution in [-0.4, -0.2) is 85.3 Å². The average Bonchev–Trinajstić information content (AvgIpc) is 3.25. The number of amides is 1. The summed E-state index contributed by atoms with van der Waals surface area (Å²) in [6, 6.07) is 16.6. The first-order valence-electron chi connectivity index (χ1n) is 13.3. The molecule has 8 nitrogen and oxygen atoms in total. The highest BCUT2D eigenvalue weighted by molar-refractivity contribution is 5.79. The van der Waals surface area contributed by atoms with Crippen LogP contribution < -0.4 is 5.32 Å². The van der Waals surface area contributed by atoms with Crippen molar-refractivity contribution in [1.82, 2.24) is 5.32 Å². The van der Waals surface area contributed by atoms with Crippen LogP contribution in [0.15, 0.2) is 48.5 Å². The van der Waals surface area contributed by atoms with Crippen molar-refractivity contribution in [2.75, 3.05) is 79.2 Å². The van der Waals surface area contributed by atoms with Gasteiger partial charge in [-0.25, -0.2) is 4.79 Å². The predicted octanol–water partition coefficient (Wildman–Crippen LogP) is 4.41. The Kier molecular flexibility index (Phi) is 14.0. The number of hydrogen-bond donors (Lipinski definition) is 1. The normalized spacial score (nSPS) is 12.4. The molecule has 2 aromatic carbocycles. The van der Waals surface area contributed by atoms with Gasteiger partial charge in [0.2, 0.25) is 0 Å². The zero-order valence-corrected chi connectivity index (χ0v) is 22.0. The fourth-order valence-electron chi connectivity index (χ4n) is 4.10. The lowest BCUT2D eigenvalue weighted by molar-refractivity contribution is -0.0109. The Morgan fingerprint density at radius 3 is 1.65 bits per heavy atom. The van der Waals surface area contributed by atoms with E-state index in [2.05, 4.69) is 36.5 Å². The third-order valence-corrected chi connectivity index (χ3v) is 5.99. The van der Waals surface area contributed by atoms with E-state index in [0.717, 1.165) is 19.4 Å². The van der Waals surface area contributed by atoms with Crippen molar-refractivity contribution in [3.05, 3.63) is 59.7 Å². The molecule has 0 saturated carbocycles. The van der Waals surface area contributed by atoms with Gasteiger partial charge in [0.25, 0.3) is 0 Å². The van der Waals surface area contributed by atoms with Crippen LogP contribution in [0, 0.1) is 0 Å². The van der Waals surface area contributed by atoms with E-state index in [-0.39, 0.29) is 5.92 Å². The van der Waals surface area contributed by atoms with Crippen LogP contribution in [0.4, 0.5) is 4.79 Å². The molecule has 37 heavy (non-hydrogen) atoms. The molecule has 1 N–H and O–H groups in total. The standard InChI is InChI=1S/C29H41NO7/c1-2-3-13-32-15-17-34-19-21-36-22-20-35-18-16-33-14-12-30-29(31)37-23-28-26-10-6-4-8-24(26)25-9-5-7-11-27(25)28/h4-11,28H,2-3,12-23H2,1H3,(H,30,31). The van der Waals surface area contributed by atoms with Crippen molar-refractivity contribution in [3.63, 3.8) is 0 Å². The maximum absolute atomic E-state index is 12.2. The molecular weight excluding hydrogens is 474 g/mol. The van der Waals surface area contributed by atoms with Gasteiger partial charge >= 0.3 is 6.09 Å². The van der Waals surface area contributed by atoms with Crippen LogP contribution in [0.2, 0.25) is 0 Å². The van der Waals surface area contributed by atoms with Gasteiger partial charge in [-0.1, -0.05) is 61.9 Å². The van der Waals surface area contributed by atoms with E-state index < -0.39 is 6.09 Å². The number of benzene rings is 2. The average molecular weight is 516 g/mol. The molecule has 0 unspecified atom stereocenters. The molecule has 0 radical (unpaired) electrons. The molecule has 1 aliphatic carbocycles. The van der Waals surface area contributed by atoms with E-state index >= 15 is 0 Å². The van der Waals surface area contributed by atoms with Crippen molar-refractivity contribution in [2.24, 2.45) is 0 Å². The number of rotatable bonds is 20. The fraction of sp³-hybridized carbons (Fsp3) is 0.552. The Bertz CT molecular complexity index is 862. The Morgan fingerprint density at radius 1 is 0.676 bits per heavy atom. The molecule has 0 aliphatic heterocycles. The molecule has 0 saturated heterocycles. The molecule has 0 aromatic heterocycles. The summed E-state index contributed by atoms with van der Waals surface area (Å²) in [7, 11) is 0. The van der Waals surface area contributed by atoms with Crippen molar-refractivity contribution in [1.29, 1.82) is 0 Å². The smallest absolute Gasteiger partial charge is 0.407 e. The van der Waals surface area contributed by atoms with E-state index in [0.29, 0.717) is 72.6 Å². The maximum atomic E-state index is 12.2. The molecule has 8 heteroatoms. The lowest BCUT2D eigenvalue weighted by Gasteiger charge is -2.14. The summed E-state index contributed by atoms with van der Waals surface area (Å²) < 4.78 is 32.8. The maximum Gasteiger partial charge on any atom is 0.407 e. The number of ether oxygens (including phenoxy) is 6. The van der Waals surface area contributed by atoms with Gasteiger partial charge in [-0.05, 0) is 28.7 Å². The number of hydrogen-bond acceptors (Lipinski definition) is 7. The van der Waals surface area contributed by atoms with E-state index in [1.54, 1.807) is 0 Å². The number of fused-ring (bicyclic) bond motifs is 3. The Morgan fingerprint density at radius 2 is 1.14 bits per heavy atom. The van der Waals surface area contributed by atoms with E-state index in [4.69, 9.17) is 28.4 Å². The molecular formula is C29H41NO7. The first-order chi connectivity index (χ1) is 18.3. The van der Waals surface area contributed by atoms with Gasteiger partial charge in [-0.2, -0.15) is 0 Å². The summed E-state index contributed by atoms with van der Waals surface area (Å²) in [5.41, 5.74) is 4.81. The van der Waals surface area contributed by atoms with E-state index in [9.17, 15) is 4.79 Å². The molecule has 204 valence electrons. The topological polar surface area (TPSA) is 84.5 Å². The minimum absolute atomic E-state index is 0.0537. The molecule has 0 heterocycles. The summed E-state index contributed by atoms with van der Waals surface area (Å²) in [5.74, 6) is 0.0537. The zero-order chi connectivity index (χ0) is 26.0. The Hall–Kier alpha value is -2.49. The SMILES string of the molecule is CCCCOCCOCCOCCOCCOCCNC(=O)OCC1c2ccccc2-c2ccccc21. The molecule has 0 spiro atoms. The van der Waals surface area contributed by atoms with Gasteiger partial charge in [0.1, 0.15) is 6.61 Å². The van der Waals surface area contributed by atoms with Crippen LogP contribution in [0.25, 0.3) is 11.1 Å². The van der Waals surface area contributed by atoms with Gasteiger partial charge < -0.3 is 33.7 Å². The van der Waals surface area contributed by atoms with E-state index in [1.165, 1.54) is 22.3 Å². The summed E-state index contributed by atoms with van der Waals surface area (Å²) in [5, 5.41) is 2.74. The monoisotopic (exact) mass is 515 g/mol. The van der Waals surface area contributed by atoms with Gasteiger partial charge in [0, 0.05) is 19.1 Å². The zero-order valence-electron chi connectivity index (χ0n) is 22.0. The van der Waals surface area contributed by atoms with Crippen molar-refractivity contribution >= 4 is 6.09 Å². The van der Waals surface area contributed by atoms with Crippen LogP contribution in [0.5, 0.6) is 0 Å². The first kappa shape index (κ1) is 29.1. The molecule has 2 aromatic rings. The number of nitrogens with one attached hydrogen (secondary N) is 1. The summed E-state index contributed by atoms with van der Waals surface area (Å²) in [6.45, 7) is 8.27.